The van der Waals surface area contributed by atoms with Crippen molar-refractivity contribution in [3.8, 4) is 5.75 Å². The summed E-state index contributed by atoms with van der Waals surface area (Å²) in [4.78, 5) is 12.9. The maximum atomic E-state index is 12.9. The number of hydrazone groups is 1. The highest BCUT2D eigenvalue weighted by molar-refractivity contribution is 6.03. The summed E-state index contributed by atoms with van der Waals surface area (Å²) < 4.78 is 5.72. The maximum Gasteiger partial charge on any atom is 0.243 e. The molecule has 1 heterocycles. The fourth-order valence-corrected chi connectivity index (χ4v) is 3.98. The zero-order valence-corrected chi connectivity index (χ0v) is 16.7. The molecule has 146 valence electrons. The highest BCUT2D eigenvalue weighted by Gasteiger charge is 2.41. The van der Waals surface area contributed by atoms with Gasteiger partial charge in [-0.15, -0.1) is 0 Å². The lowest BCUT2D eigenvalue weighted by atomic mass is 9.98. The van der Waals surface area contributed by atoms with Crippen LogP contribution in [0, 0.1) is 19.8 Å². The van der Waals surface area contributed by atoms with E-state index in [1.807, 2.05) is 30.3 Å². The first-order chi connectivity index (χ1) is 13.6. The van der Waals surface area contributed by atoms with E-state index < -0.39 is 0 Å². The highest BCUT2D eigenvalue weighted by Crippen LogP contribution is 2.40. The number of benzene rings is 2. The molecule has 4 nitrogen and oxygen atoms in total. The van der Waals surface area contributed by atoms with Gasteiger partial charge in [0.2, 0.25) is 5.91 Å². The molecule has 1 unspecified atom stereocenters. The van der Waals surface area contributed by atoms with E-state index in [0.29, 0.717) is 25.4 Å². The van der Waals surface area contributed by atoms with Crippen LogP contribution in [-0.4, -0.2) is 29.3 Å². The molecule has 4 heteroatoms. The van der Waals surface area contributed by atoms with Crippen molar-refractivity contribution in [2.75, 3.05) is 6.61 Å². The Kier molecular flexibility index (Phi) is 5.47. The van der Waals surface area contributed by atoms with Gasteiger partial charge in [-0.1, -0.05) is 47.5 Å². The van der Waals surface area contributed by atoms with Gasteiger partial charge in [-0.25, -0.2) is 5.01 Å². The van der Waals surface area contributed by atoms with E-state index in [2.05, 4.69) is 32.0 Å². The van der Waals surface area contributed by atoms with Crippen LogP contribution in [-0.2, 0) is 4.79 Å². The number of carbonyl (C=O) groups excluding carboxylic acids is 1. The summed E-state index contributed by atoms with van der Waals surface area (Å²) in [5.74, 6) is 1.58. The molecule has 1 aliphatic heterocycles. The standard InChI is InChI=1S/C24H28N2O2/c1-17-13-18(2)15-20(14-17)22-16-23(19-10-11-19)26(25-22)24(27)9-6-12-28-21-7-4-3-5-8-21/h3-5,7-8,13-15,19,23H,6,9-12,16H2,1-2H3. The quantitative estimate of drug-likeness (QED) is 0.647. The molecule has 28 heavy (non-hydrogen) atoms. The number of amides is 1. The minimum Gasteiger partial charge on any atom is -0.494 e. The Morgan fingerprint density at radius 1 is 1.11 bits per heavy atom. The Hall–Kier alpha value is -2.62. The predicted octanol–water partition coefficient (Wildman–Crippen LogP) is 4.88. The van der Waals surface area contributed by atoms with Crippen LogP contribution >= 0.6 is 0 Å². The molecule has 2 aromatic rings. The number of hydrogen-bond donors (Lipinski definition) is 0. The van der Waals surface area contributed by atoms with Crippen LogP contribution in [0.2, 0.25) is 0 Å². The Bertz CT molecular complexity index is 851. The molecular weight excluding hydrogens is 348 g/mol. The lowest BCUT2D eigenvalue weighted by Gasteiger charge is -2.21. The molecule has 2 aromatic carbocycles. The zero-order chi connectivity index (χ0) is 19.5. The first-order valence-corrected chi connectivity index (χ1v) is 10.3. The monoisotopic (exact) mass is 376 g/mol. The Labute approximate surface area is 167 Å². The fraction of sp³-hybridized carbons (Fsp3) is 0.417. The molecule has 1 atom stereocenters. The van der Waals surface area contributed by atoms with Gasteiger partial charge in [-0.3, -0.25) is 4.79 Å². The molecule has 4 rings (SSSR count). The van der Waals surface area contributed by atoms with E-state index >= 15 is 0 Å². The summed E-state index contributed by atoms with van der Waals surface area (Å²) in [5.41, 5.74) is 4.69. The predicted molar refractivity (Wildman–Crippen MR) is 112 cm³/mol. The van der Waals surface area contributed by atoms with E-state index in [1.165, 1.54) is 24.0 Å². The van der Waals surface area contributed by atoms with Crippen molar-refractivity contribution in [3.05, 3.63) is 65.2 Å². The normalized spacial score (nSPS) is 18.9. The van der Waals surface area contributed by atoms with Gasteiger partial charge in [-0.05, 0) is 56.7 Å². The molecule has 1 aliphatic carbocycles. The average molecular weight is 377 g/mol. The summed E-state index contributed by atoms with van der Waals surface area (Å²) in [5, 5.41) is 6.56. The molecule has 1 amide bonds. The van der Waals surface area contributed by atoms with E-state index in [0.717, 1.165) is 23.4 Å². The molecule has 0 aromatic heterocycles. The van der Waals surface area contributed by atoms with Gasteiger partial charge >= 0.3 is 0 Å². The lowest BCUT2D eigenvalue weighted by molar-refractivity contribution is -0.133. The molecule has 1 fully saturated rings. The van der Waals surface area contributed by atoms with Gasteiger partial charge in [0.25, 0.3) is 0 Å². The molecule has 0 N–H and O–H groups in total. The smallest absolute Gasteiger partial charge is 0.243 e. The van der Waals surface area contributed by atoms with Crippen molar-refractivity contribution in [3.63, 3.8) is 0 Å². The van der Waals surface area contributed by atoms with Crippen LogP contribution in [0.25, 0.3) is 0 Å². The van der Waals surface area contributed by atoms with Crippen LogP contribution in [0.1, 0.15) is 48.8 Å². The summed E-state index contributed by atoms with van der Waals surface area (Å²) in [6.07, 6.45) is 4.47. The number of aryl methyl sites for hydroxylation is 2. The number of carbonyl (C=O) groups is 1. The van der Waals surface area contributed by atoms with Gasteiger partial charge < -0.3 is 4.74 Å². The van der Waals surface area contributed by atoms with Crippen molar-refractivity contribution in [1.29, 1.82) is 0 Å². The Balaban J connectivity index is 1.39. The molecular formula is C24H28N2O2. The van der Waals surface area contributed by atoms with E-state index in [-0.39, 0.29) is 11.9 Å². The molecule has 1 saturated carbocycles. The van der Waals surface area contributed by atoms with E-state index in [9.17, 15) is 4.79 Å². The number of ether oxygens (including phenoxy) is 1. The molecule has 0 saturated heterocycles. The first kappa shape index (κ1) is 18.7. The van der Waals surface area contributed by atoms with Gasteiger partial charge in [0.05, 0.1) is 18.4 Å². The first-order valence-electron chi connectivity index (χ1n) is 10.3. The van der Waals surface area contributed by atoms with Crippen LogP contribution in [0.5, 0.6) is 5.75 Å². The third-order valence-corrected chi connectivity index (χ3v) is 5.47. The Morgan fingerprint density at radius 2 is 1.82 bits per heavy atom. The van der Waals surface area contributed by atoms with Gasteiger partial charge in [-0.2, -0.15) is 5.10 Å². The third kappa shape index (κ3) is 4.44. The summed E-state index contributed by atoms with van der Waals surface area (Å²) in [7, 11) is 0. The zero-order valence-electron chi connectivity index (χ0n) is 16.7. The van der Waals surface area contributed by atoms with Crippen molar-refractivity contribution >= 4 is 11.6 Å². The van der Waals surface area contributed by atoms with Crippen molar-refractivity contribution in [2.45, 2.75) is 52.0 Å². The van der Waals surface area contributed by atoms with E-state index in [1.54, 1.807) is 5.01 Å². The van der Waals surface area contributed by atoms with Crippen molar-refractivity contribution in [2.24, 2.45) is 11.0 Å². The van der Waals surface area contributed by atoms with Crippen LogP contribution in [0.3, 0.4) is 0 Å². The second kappa shape index (κ2) is 8.17. The maximum absolute atomic E-state index is 12.9. The molecule has 0 spiro atoms. The topological polar surface area (TPSA) is 41.9 Å². The number of nitrogens with zero attached hydrogens (tertiary/aromatic N) is 2. The Morgan fingerprint density at radius 3 is 2.50 bits per heavy atom. The van der Waals surface area contributed by atoms with E-state index in [4.69, 9.17) is 9.84 Å². The fourth-order valence-electron chi connectivity index (χ4n) is 3.98. The van der Waals surface area contributed by atoms with Gasteiger partial charge in [0.1, 0.15) is 5.75 Å². The second-order valence-electron chi connectivity index (χ2n) is 8.04. The number of rotatable bonds is 7. The highest BCUT2D eigenvalue weighted by atomic mass is 16.5. The van der Waals surface area contributed by atoms with Gasteiger partial charge in [0.15, 0.2) is 0 Å². The minimum atomic E-state index is 0.118. The largest absolute Gasteiger partial charge is 0.494 e. The average Bonchev–Trinajstić information content (AvgIpc) is 3.43. The second-order valence-corrected chi connectivity index (χ2v) is 8.04. The molecule has 2 aliphatic rings. The summed E-state index contributed by atoms with van der Waals surface area (Å²) in [6, 6.07) is 16.5. The molecule has 0 radical (unpaired) electrons. The molecule has 0 bridgehead atoms. The van der Waals surface area contributed by atoms with Gasteiger partial charge in [0, 0.05) is 12.8 Å². The van der Waals surface area contributed by atoms with Crippen LogP contribution < -0.4 is 4.74 Å². The van der Waals surface area contributed by atoms with Crippen LogP contribution in [0.15, 0.2) is 53.6 Å². The third-order valence-electron chi connectivity index (χ3n) is 5.47. The summed E-state index contributed by atoms with van der Waals surface area (Å²) >= 11 is 0. The van der Waals surface area contributed by atoms with Crippen molar-refractivity contribution in [1.82, 2.24) is 5.01 Å². The lowest BCUT2D eigenvalue weighted by Crippen LogP contribution is -2.34. The van der Waals surface area contributed by atoms with Crippen molar-refractivity contribution < 1.29 is 9.53 Å². The number of para-hydroxylation sites is 1. The summed E-state index contributed by atoms with van der Waals surface area (Å²) in [6.45, 7) is 4.77. The number of hydrogen-bond acceptors (Lipinski definition) is 3. The SMILES string of the molecule is Cc1cc(C)cc(C2=NN(C(=O)CCCOc3ccccc3)C(C3CC3)C2)c1. The minimum absolute atomic E-state index is 0.118. The van der Waals surface area contributed by atoms with Crippen LogP contribution in [0.4, 0.5) is 0 Å².